The third-order valence-electron chi connectivity index (χ3n) is 3.03. The summed E-state index contributed by atoms with van der Waals surface area (Å²) in [6.45, 7) is 1.89. The Bertz CT molecular complexity index is 817. The molecule has 3 rings (SSSR count). The predicted molar refractivity (Wildman–Crippen MR) is 75.6 cm³/mol. The number of ether oxygens (including phenoxy) is 1. The number of hydrogen-bond donors (Lipinski definition) is 1. The van der Waals surface area contributed by atoms with E-state index in [0.29, 0.717) is 22.7 Å². The van der Waals surface area contributed by atoms with Gasteiger partial charge >= 0.3 is 5.97 Å². The molecule has 0 spiro atoms. The van der Waals surface area contributed by atoms with Crippen LogP contribution in [0.5, 0.6) is 5.88 Å². The predicted octanol–water partition coefficient (Wildman–Crippen LogP) is 1.51. The smallest absolute Gasteiger partial charge is 0.356 e. The maximum absolute atomic E-state index is 10.7. The van der Waals surface area contributed by atoms with E-state index < -0.39 is 5.97 Å². The van der Waals surface area contributed by atoms with Gasteiger partial charge in [-0.15, -0.1) is 10.2 Å². The summed E-state index contributed by atoms with van der Waals surface area (Å²) in [6.07, 6.45) is 3.02. The Hall–Kier alpha value is -3.36. The lowest BCUT2D eigenvalue weighted by molar-refractivity contribution is 0.0689. The van der Waals surface area contributed by atoms with Gasteiger partial charge in [0.1, 0.15) is 24.4 Å². The number of aromatic nitrogens is 5. The van der Waals surface area contributed by atoms with Crippen LogP contribution in [0.15, 0.2) is 35.2 Å². The van der Waals surface area contributed by atoms with Gasteiger partial charge in [0.15, 0.2) is 5.69 Å². The van der Waals surface area contributed by atoms with E-state index in [-0.39, 0.29) is 18.2 Å². The van der Waals surface area contributed by atoms with E-state index >= 15 is 0 Å². The summed E-state index contributed by atoms with van der Waals surface area (Å²) in [6, 6.07) is 4.46. The Labute approximate surface area is 130 Å². The fraction of sp³-hybridized carbons (Fsp3) is 0.143. The molecule has 0 saturated heterocycles. The molecule has 0 aliphatic carbocycles. The van der Waals surface area contributed by atoms with Crippen LogP contribution in [0.2, 0.25) is 0 Å². The van der Waals surface area contributed by atoms with Crippen LogP contribution in [0.4, 0.5) is 0 Å². The van der Waals surface area contributed by atoms with Gasteiger partial charge in [0, 0.05) is 12.3 Å². The van der Waals surface area contributed by atoms with Crippen molar-refractivity contribution in [3.63, 3.8) is 0 Å². The summed E-state index contributed by atoms with van der Waals surface area (Å²) < 4.78 is 10.7. The van der Waals surface area contributed by atoms with Gasteiger partial charge in [-0.1, -0.05) is 5.16 Å². The molecular weight excluding hydrogens is 302 g/mol. The normalized spacial score (nSPS) is 10.5. The monoisotopic (exact) mass is 313 g/mol. The first-order valence-corrected chi connectivity index (χ1v) is 6.56. The molecule has 0 aliphatic heterocycles. The van der Waals surface area contributed by atoms with E-state index in [4.69, 9.17) is 14.4 Å². The molecule has 0 aliphatic rings. The van der Waals surface area contributed by atoms with E-state index in [1.807, 2.05) is 0 Å². The fourth-order valence-corrected chi connectivity index (χ4v) is 1.85. The summed E-state index contributed by atoms with van der Waals surface area (Å²) in [5, 5.41) is 20.0. The van der Waals surface area contributed by atoms with E-state index in [2.05, 4.69) is 25.3 Å². The molecule has 3 aromatic rings. The van der Waals surface area contributed by atoms with Gasteiger partial charge < -0.3 is 14.4 Å². The van der Waals surface area contributed by atoms with E-state index in [0.717, 1.165) is 0 Å². The van der Waals surface area contributed by atoms with Crippen LogP contribution in [0.25, 0.3) is 11.4 Å². The van der Waals surface area contributed by atoms with Crippen molar-refractivity contribution in [3.8, 4) is 17.3 Å². The quantitative estimate of drug-likeness (QED) is 0.746. The van der Waals surface area contributed by atoms with Crippen molar-refractivity contribution in [1.82, 2.24) is 25.3 Å². The highest BCUT2D eigenvalue weighted by Crippen LogP contribution is 2.24. The molecule has 3 aromatic heterocycles. The second kappa shape index (κ2) is 6.18. The van der Waals surface area contributed by atoms with Crippen LogP contribution in [-0.2, 0) is 6.61 Å². The average Bonchev–Trinajstić information content (AvgIpc) is 2.95. The summed E-state index contributed by atoms with van der Waals surface area (Å²) in [5.41, 5.74) is 1.73. The minimum atomic E-state index is -1.15. The Morgan fingerprint density at radius 3 is 2.83 bits per heavy atom. The molecule has 0 bridgehead atoms. The van der Waals surface area contributed by atoms with Gasteiger partial charge in [0.2, 0.25) is 5.88 Å². The highest BCUT2D eigenvalue weighted by molar-refractivity contribution is 5.84. The first-order chi connectivity index (χ1) is 11.1. The number of carboxylic acid groups (broad SMARTS) is 1. The third-order valence-corrected chi connectivity index (χ3v) is 3.03. The topological polar surface area (TPSA) is 124 Å². The van der Waals surface area contributed by atoms with Crippen molar-refractivity contribution in [2.24, 2.45) is 0 Å². The molecule has 9 heteroatoms. The molecule has 116 valence electrons. The number of nitrogens with zero attached hydrogens (tertiary/aromatic N) is 5. The molecule has 0 amide bonds. The Balaban J connectivity index is 1.78. The van der Waals surface area contributed by atoms with Crippen molar-refractivity contribution in [3.05, 3.63) is 47.7 Å². The maximum atomic E-state index is 10.7. The zero-order valence-corrected chi connectivity index (χ0v) is 12.0. The zero-order chi connectivity index (χ0) is 16.2. The molecule has 1 N–H and O–H groups in total. The summed E-state index contributed by atoms with van der Waals surface area (Å²) in [4.78, 5) is 18.7. The maximum Gasteiger partial charge on any atom is 0.356 e. The highest BCUT2D eigenvalue weighted by atomic mass is 16.5. The number of rotatable bonds is 5. The molecular formula is C14H11N5O4. The molecule has 0 aromatic carbocycles. The lowest BCUT2D eigenvalue weighted by Crippen LogP contribution is -2.04. The number of hydrogen-bond acceptors (Lipinski definition) is 8. The van der Waals surface area contributed by atoms with Crippen molar-refractivity contribution in [2.75, 3.05) is 0 Å². The third kappa shape index (κ3) is 3.12. The van der Waals surface area contributed by atoms with Gasteiger partial charge in [-0.2, -0.15) is 0 Å². The summed E-state index contributed by atoms with van der Waals surface area (Å²) >= 11 is 0. The number of aryl methyl sites for hydroxylation is 1. The van der Waals surface area contributed by atoms with Crippen LogP contribution in [-0.4, -0.2) is 36.4 Å². The van der Waals surface area contributed by atoms with Gasteiger partial charge in [-0.25, -0.2) is 14.8 Å². The Kier molecular flexibility index (Phi) is 3.91. The SMILES string of the molecule is Cc1onc(-c2ccncn2)c1COc1ccc(C(=O)O)nn1. The largest absolute Gasteiger partial charge is 0.476 e. The molecule has 9 nitrogen and oxygen atoms in total. The first-order valence-electron chi connectivity index (χ1n) is 6.56. The molecule has 0 fully saturated rings. The summed E-state index contributed by atoms with van der Waals surface area (Å²) in [5.74, 6) is -0.358. The van der Waals surface area contributed by atoms with Gasteiger partial charge in [0.25, 0.3) is 0 Å². The van der Waals surface area contributed by atoms with Gasteiger partial charge in [-0.05, 0) is 19.1 Å². The molecule has 0 saturated carbocycles. The number of carbonyl (C=O) groups is 1. The lowest BCUT2D eigenvalue weighted by Gasteiger charge is -2.05. The minimum Gasteiger partial charge on any atom is -0.476 e. The van der Waals surface area contributed by atoms with Crippen LogP contribution < -0.4 is 4.74 Å². The van der Waals surface area contributed by atoms with Crippen molar-refractivity contribution in [1.29, 1.82) is 0 Å². The first kappa shape index (κ1) is 14.6. The molecule has 3 heterocycles. The summed E-state index contributed by atoms with van der Waals surface area (Å²) in [7, 11) is 0. The molecule has 0 atom stereocenters. The van der Waals surface area contributed by atoms with Crippen LogP contribution in [0, 0.1) is 6.92 Å². The van der Waals surface area contributed by atoms with Crippen molar-refractivity contribution in [2.45, 2.75) is 13.5 Å². The van der Waals surface area contributed by atoms with Crippen LogP contribution >= 0.6 is 0 Å². The standard InChI is InChI=1S/C14H11N5O4/c1-8-9(13(19-23-8)10-4-5-15-7-16-10)6-22-12-3-2-11(14(20)21)17-18-12/h2-5,7H,6H2,1H3,(H,20,21). The number of aromatic carboxylic acids is 1. The van der Waals surface area contributed by atoms with Gasteiger partial charge in [0.05, 0.1) is 11.3 Å². The molecule has 0 radical (unpaired) electrons. The van der Waals surface area contributed by atoms with E-state index in [1.54, 1.807) is 19.2 Å². The fourth-order valence-electron chi connectivity index (χ4n) is 1.85. The lowest BCUT2D eigenvalue weighted by atomic mass is 10.1. The van der Waals surface area contributed by atoms with Crippen LogP contribution in [0.3, 0.4) is 0 Å². The Morgan fingerprint density at radius 2 is 2.17 bits per heavy atom. The van der Waals surface area contributed by atoms with Gasteiger partial charge in [-0.3, -0.25) is 0 Å². The Morgan fingerprint density at radius 1 is 1.30 bits per heavy atom. The van der Waals surface area contributed by atoms with E-state index in [9.17, 15) is 4.79 Å². The second-order valence-corrected chi connectivity index (χ2v) is 4.51. The van der Waals surface area contributed by atoms with Crippen molar-refractivity contribution < 1.29 is 19.2 Å². The second-order valence-electron chi connectivity index (χ2n) is 4.51. The van der Waals surface area contributed by atoms with Crippen molar-refractivity contribution >= 4 is 5.97 Å². The zero-order valence-electron chi connectivity index (χ0n) is 12.0. The minimum absolute atomic E-state index is 0.135. The highest BCUT2D eigenvalue weighted by Gasteiger charge is 2.16. The molecule has 23 heavy (non-hydrogen) atoms. The number of carboxylic acids is 1. The van der Waals surface area contributed by atoms with E-state index in [1.165, 1.54) is 18.5 Å². The molecule has 0 unspecified atom stereocenters. The van der Waals surface area contributed by atoms with Crippen LogP contribution in [0.1, 0.15) is 21.8 Å². The average molecular weight is 313 g/mol.